The maximum atomic E-state index is 12.5. The van der Waals surface area contributed by atoms with Crippen molar-refractivity contribution in [2.45, 2.75) is 6.92 Å². The summed E-state index contributed by atoms with van der Waals surface area (Å²) in [7, 11) is 1.61. The van der Waals surface area contributed by atoms with Crippen LogP contribution in [-0.4, -0.2) is 16.7 Å². The van der Waals surface area contributed by atoms with Gasteiger partial charge in [0.25, 0.3) is 5.56 Å². The maximum absolute atomic E-state index is 12.5. The second-order valence-corrected chi connectivity index (χ2v) is 4.59. The van der Waals surface area contributed by atoms with Crippen LogP contribution in [0.5, 0.6) is 5.75 Å². The molecule has 0 saturated heterocycles. The molecular weight excluding hydrogens is 252 g/mol. The molecule has 1 aromatic heterocycles. The Kier molecular flexibility index (Phi) is 2.99. The molecule has 0 radical (unpaired) electrons. The molecule has 100 valence electrons. The van der Waals surface area contributed by atoms with E-state index in [1.54, 1.807) is 24.1 Å². The SMILES string of the molecule is COc1ccc(-n2cnc3c(C)cccc3c2=O)cc1. The Morgan fingerprint density at radius 2 is 1.85 bits per heavy atom. The first-order valence-electron chi connectivity index (χ1n) is 6.32. The molecule has 2 aromatic carbocycles. The number of benzene rings is 2. The second-order valence-electron chi connectivity index (χ2n) is 4.59. The van der Waals surface area contributed by atoms with Gasteiger partial charge >= 0.3 is 0 Å². The van der Waals surface area contributed by atoms with Crippen LogP contribution in [0.15, 0.2) is 53.6 Å². The van der Waals surface area contributed by atoms with Gasteiger partial charge in [0, 0.05) is 0 Å². The minimum Gasteiger partial charge on any atom is -0.497 e. The van der Waals surface area contributed by atoms with E-state index in [4.69, 9.17) is 4.74 Å². The maximum Gasteiger partial charge on any atom is 0.265 e. The Bertz CT molecular complexity index is 820. The lowest BCUT2D eigenvalue weighted by Crippen LogP contribution is -2.19. The monoisotopic (exact) mass is 266 g/mol. The standard InChI is InChI=1S/C16H14N2O2/c1-11-4-3-5-14-15(11)17-10-18(16(14)19)12-6-8-13(20-2)9-7-12/h3-10H,1-2H3. The number of hydrogen-bond donors (Lipinski definition) is 0. The summed E-state index contributed by atoms with van der Waals surface area (Å²) in [6.45, 7) is 1.95. The quantitative estimate of drug-likeness (QED) is 0.716. The van der Waals surface area contributed by atoms with Crippen molar-refractivity contribution in [1.82, 2.24) is 9.55 Å². The molecule has 0 N–H and O–H groups in total. The highest BCUT2D eigenvalue weighted by atomic mass is 16.5. The van der Waals surface area contributed by atoms with E-state index in [9.17, 15) is 4.79 Å². The van der Waals surface area contributed by atoms with Crippen molar-refractivity contribution in [3.05, 3.63) is 64.7 Å². The molecule has 0 aliphatic carbocycles. The zero-order chi connectivity index (χ0) is 14.1. The highest BCUT2D eigenvalue weighted by Crippen LogP contribution is 2.16. The third-order valence-corrected chi connectivity index (χ3v) is 3.34. The Morgan fingerprint density at radius 3 is 2.55 bits per heavy atom. The average Bonchev–Trinajstić information content (AvgIpc) is 2.49. The third kappa shape index (κ3) is 1.95. The number of hydrogen-bond acceptors (Lipinski definition) is 3. The molecule has 0 unspecified atom stereocenters. The summed E-state index contributed by atoms with van der Waals surface area (Å²) < 4.78 is 6.66. The number of methoxy groups -OCH3 is 1. The predicted octanol–water partition coefficient (Wildman–Crippen LogP) is 2.70. The predicted molar refractivity (Wildman–Crippen MR) is 78.6 cm³/mol. The molecule has 0 fully saturated rings. The van der Waals surface area contributed by atoms with E-state index >= 15 is 0 Å². The van der Waals surface area contributed by atoms with E-state index in [0.717, 1.165) is 22.5 Å². The van der Waals surface area contributed by atoms with E-state index in [2.05, 4.69) is 4.98 Å². The lowest BCUT2D eigenvalue weighted by molar-refractivity contribution is 0.414. The van der Waals surface area contributed by atoms with E-state index in [0.29, 0.717) is 5.39 Å². The minimum absolute atomic E-state index is 0.0659. The molecule has 0 aliphatic rings. The molecule has 0 aliphatic heterocycles. The van der Waals surface area contributed by atoms with Crippen LogP contribution in [0.25, 0.3) is 16.6 Å². The van der Waals surface area contributed by atoms with E-state index in [1.807, 2.05) is 43.3 Å². The van der Waals surface area contributed by atoms with E-state index in [1.165, 1.54) is 0 Å². The van der Waals surface area contributed by atoms with Crippen LogP contribution >= 0.6 is 0 Å². The van der Waals surface area contributed by atoms with Crippen LogP contribution in [0.1, 0.15) is 5.56 Å². The van der Waals surface area contributed by atoms with Crippen LogP contribution in [0.3, 0.4) is 0 Å². The summed E-state index contributed by atoms with van der Waals surface area (Å²) in [5.41, 5.74) is 2.46. The molecular formula is C16H14N2O2. The van der Waals surface area contributed by atoms with E-state index in [-0.39, 0.29) is 5.56 Å². The third-order valence-electron chi connectivity index (χ3n) is 3.34. The van der Waals surface area contributed by atoms with E-state index < -0.39 is 0 Å². The molecule has 0 saturated carbocycles. The number of ether oxygens (including phenoxy) is 1. The van der Waals surface area contributed by atoms with Crippen LogP contribution < -0.4 is 10.3 Å². The first-order valence-corrected chi connectivity index (χ1v) is 6.32. The summed E-state index contributed by atoms with van der Waals surface area (Å²) in [5.74, 6) is 0.756. The van der Waals surface area contributed by atoms with Gasteiger partial charge < -0.3 is 4.74 Å². The van der Waals surface area contributed by atoms with Crippen LogP contribution in [0.2, 0.25) is 0 Å². The fourth-order valence-corrected chi connectivity index (χ4v) is 2.23. The zero-order valence-corrected chi connectivity index (χ0v) is 11.3. The second kappa shape index (κ2) is 4.81. The van der Waals surface area contributed by atoms with Gasteiger partial charge in [0.15, 0.2) is 0 Å². The largest absolute Gasteiger partial charge is 0.497 e. The first kappa shape index (κ1) is 12.4. The molecule has 3 aromatic rings. The van der Waals surface area contributed by atoms with Crippen molar-refractivity contribution >= 4 is 10.9 Å². The molecule has 0 bridgehead atoms. The Balaban J connectivity index is 2.21. The molecule has 0 amide bonds. The number of aromatic nitrogens is 2. The van der Waals surface area contributed by atoms with Gasteiger partial charge in [-0.2, -0.15) is 0 Å². The van der Waals surface area contributed by atoms with Crippen LogP contribution in [0, 0.1) is 6.92 Å². The smallest absolute Gasteiger partial charge is 0.265 e. The summed E-state index contributed by atoms with van der Waals surface area (Å²) in [4.78, 5) is 16.9. The zero-order valence-electron chi connectivity index (χ0n) is 11.3. The Labute approximate surface area is 116 Å². The van der Waals surface area contributed by atoms with Gasteiger partial charge in [-0.25, -0.2) is 4.98 Å². The topological polar surface area (TPSA) is 44.1 Å². The summed E-state index contributed by atoms with van der Waals surface area (Å²) in [5, 5.41) is 0.628. The first-order chi connectivity index (χ1) is 9.70. The Hall–Kier alpha value is -2.62. The van der Waals surface area contributed by atoms with Gasteiger partial charge in [0.05, 0.1) is 23.7 Å². The molecule has 0 spiro atoms. The number of rotatable bonds is 2. The van der Waals surface area contributed by atoms with Crippen LogP contribution in [-0.2, 0) is 0 Å². The van der Waals surface area contributed by atoms with Crippen molar-refractivity contribution in [3.63, 3.8) is 0 Å². The highest BCUT2D eigenvalue weighted by molar-refractivity contribution is 5.80. The molecule has 1 heterocycles. The number of aryl methyl sites for hydroxylation is 1. The van der Waals surface area contributed by atoms with Crippen molar-refractivity contribution < 1.29 is 4.74 Å². The van der Waals surface area contributed by atoms with Gasteiger partial charge in [-0.3, -0.25) is 9.36 Å². The van der Waals surface area contributed by atoms with Gasteiger partial charge in [-0.05, 0) is 42.8 Å². The van der Waals surface area contributed by atoms with Crippen molar-refractivity contribution in [2.24, 2.45) is 0 Å². The summed E-state index contributed by atoms with van der Waals surface area (Å²) in [6, 6.07) is 12.9. The molecule has 0 atom stereocenters. The minimum atomic E-state index is -0.0659. The normalized spacial score (nSPS) is 10.7. The van der Waals surface area contributed by atoms with Crippen LogP contribution in [0.4, 0.5) is 0 Å². The highest BCUT2D eigenvalue weighted by Gasteiger charge is 2.07. The fourth-order valence-electron chi connectivity index (χ4n) is 2.23. The molecule has 4 heteroatoms. The summed E-state index contributed by atoms with van der Waals surface area (Å²) >= 11 is 0. The molecule has 4 nitrogen and oxygen atoms in total. The lowest BCUT2D eigenvalue weighted by atomic mass is 10.1. The van der Waals surface area contributed by atoms with Gasteiger partial charge in [0.1, 0.15) is 12.1 Å². The summed E-state index contributed by atoms with van der Waals surface area (Å²) in [6.07, 6.45) is 1.57. The lowest BCUT2D eigenvalue weighted by Gasteiger charge is -2.08. The Morgan fingerprint density at radius 1 is 1.10 bits per heavy atom. The fraction of sp³-hybridized carbons (Fsp3) is 0.125. The number of nitrogens with zero attached hydrogens (tertiary/aromatic N) is 2. The molecule has 3 rings (SSSR count). The van der Waals surface area contributed by atoms with Crippen molar-refractivity contribution in [3.8, 4) is 11.4 Å². The van der Waals surface area contributed by atoms with Gasteiger partial charge in [-0.1, -0.05) is 12.1 Å². The van der Waals surface area contributed by atoms with Crippen molar-refractivity contribution in [1.29, 1.82) is 0 Å². The molecule has 20 heavy (non-hydrogen) atoms. The average molecular weight is 266 g/mol. The van der Waals surface area contributed by atoms with Gasteiger partial charge in [-0.15, -0.1) is 0 Å². The number of fused-ring (bicyclic) bond motifs is 1. The number of para-hydroxylation sites is 1. The van der Waals surface area contributed by atoms with Crippen molar-refractivity contribution in [2.75, 3.05) is 7.11 Å². The van der Waals surface area contributed by atoms with Gasteiger partial charge in [0.2, 0.25) is 0 Å².